The Kier molecular flexibility index (Phi) is 7.61. The molecule has 220 valence electrons. The van der Waals surface area contributed by atoms with Gasteiger partial charge in [-0.05, 0) is 87.0 Å². The lowest BCUT2D eigenvalue weighted by Crippen LogP contribution is -2.28. The maximum atomic E-state index is 10.7. The summed E-state index contributed by atoms with van der Waals surface area (Å²) < 4.78 is 4.99. The zero-order valence-electron chi connectivity index (χ0n) is 25.9. The van der Waals surface area contributed by atoms with Crippen molar-refractivity contribution >= 4 is 39.7 Å². The Hall–Kier alpha value is -4.54. The number of hydrogen-bond donors (Lipinski definition) is 0. The second-order valence-corrected chi connectivity index (χ2v) is 12.9. The molecule has 3 atom stereocenters. The molecule has 0 spiro atoms. The molecule has 3 unspecified atom stereocenters. The summed E-state index contributed by atoms with van der Waals surface area (Å²) >= 11 is 0. The topological polar surface area (TPSA) is 57.4 Å². The van der Waals surface area contributed by atoms with E-state index in [0.717, 1.165) is 51.4 Å². The number of benzene rings is 2. The van der Waals surface area contributed by atoms with Crippen LogP contribution < -0.4 is 0 Å². The van der Waals surface area contributed by atoms with Crippen molar-refractivity contribution in [2.24, 2.45) is 11.8 Å². The van der Waals surface area contributed by atoms with Gasteiger partial charge in [-0.1, -0.05) is 81.0 Å². The Balaban J connectivity index is 1.42. The Morgan fingerprint density at radius 1 is 0.932 bits per heavy atom. The van der Waals surface area contributed by atoms with Crippen LogP contribution in [0.1, 0.15) is 87.3 Å². The first kappa shape index (κ1) is 28.2. The van der Waals surface area contributed by atoms with Crippen LogP contribution in [0.4, 0.5) is 0 Å². The largest absolute Gasteiger partial charge is 0.335 e. The number of nitrogens with zero attached hydrogens (tertiary/aromatic N) is 4. The summed E-state index contributed by atoms with van der Waals surface area (Å²) in [7, 11) is 0. The Morgan fingerprint density at radius 3 is 2.48 bits per heavy atom. The molecule has 3 aliphatic carbocycles. The SMILES string of the molecule is CCC(C)C/C=C(\CC1CCC(C#N)=C(C#N)C1n1c2c(c3ccccc31)C=CCC2)n1c2c(c3ccccc31)CCC=C2. The third-order valence-corrected chi connectivity index (χ3v) is 10.3. The molecule has 0 radical (unpaired) electrons. The number of aryl methyl sites for hydroxylation is 1. The lowest BCUT2D eigenvalue weighted by atomic mass is 9.77. The van der Waals surface area contributed by atoms with Crippen LogP contribution in [0.15, 0.2) is 77.9 Å². The first-order chi connectivity index (χ1) is 21.6. The number of nitriles is 2. The molecule has 0 saturated carbocycles. The van der Waals surface area contributed by atoms with Gasteiger partial charge in [-0.15, -0.1) is 0 Å². The molecule has 2 heterocycles. The second-order valence-electron chi connectivity index (χ2n) is 12.9. The van der Waals surface area contributed by atoms with E-state index in [4.69, 9.17) is 0 Å². The van der Waals surface area contributed by atoms with Gasteiger partial charge in [-0.3, -0.25) is 0 Å². The van der Waals surface area contributed by atoms with Crippen LogP contribution in [0, 0.1) is 34.5 Å². The fourth-order valence-electron chi connectivity index (χ4n) is 7.90. The third-order valence-electron chi connectivity index (χ3n) is 10.3. The number of para-hydroxylation sites is 2. The molecular weight excluding hydrogens is 536 g/mol. The highest BCUT2D eigenvalue weighted by Gasteiger charge is 2.37. The molecule has 44 heavy (non-hydrogen) atoms. The Labute approximate surface area is 260 Å². The summed E-state index contributed by atoms with van der Waals surface area (Å²) in [6.07, 6.45) is 20.3. The molecule has 2 aromatic heterocycles. The minimum Gasteiger partial charge on any atom is -0.335 e. The summed E-state index contributed by atoms with van der Waals surface area (Å²) in [5.41, 5.74) is 10.4. The van der Waals surface area contributed by atoms with E-state index in [0.29, 0.717) is 23.5 Å². The van der Waals surface area contributed by atoms with Gasteiger partial charge in [0.25, 0.3) is 0 Å². The monoisotopic (exact) mass is 576 g/mol. The van der Waals surface area contributed by atoms with E-state index in [1.54, 1.807) is 0 Å². The summed E-state index contributed by atoms with van der Waals surface area (Å²) in [6.45, 7) is 4.61. The van der Waals surface area contributed by atoms with Gasteiger partial charge in [0.05, 0.1) is 29.3 Å². The quantitative estimate of drug-likeness (QED) is 0.220. The summed E-state index contributed by atoms with van der Waals surface area (Å²) in [4.78, 5) is 0. The number of hydrogen-bond acceptors (Lipinski definition) is 2. The van der Waals surface area contributed by atoms with E-state index in [1.807, 2.05) is 0 Å². The standard InChI is InChI=1S/C40H40N4/c1-3-27(2)20-23-30(43-36-16-8-4-12-31(36)32-13-5-9-17-37(32)43)24-28-21-22-29(25-41)35(26-42)40(28)44-38-18-10-6-14-33(38)34-15-7-11-19-39(34)44/h4,6-10,12,14-18,23,27-28,40H,3,5,11,13,19-22,24H2,1-2H3/b30-23+. The van der Waals surface area contributed by atoms with E-state index < -0.39 is 0 Å². The zero-order valence-corrected chi connectivity index (χ0v) is 25.9. The van der Waals surface area contributed by atoms with Gasteiger partial charge in [-0.2, -0.15) is 10.5 Å². The maximum absolute atomic E-state index is 10.7. The minimum absolute atomic E-state index is 0.177. The molecule has 3 aliphatic rings. The van der Waals surface area contributed by atoms with Gasteiger partial charge in [-0.25, -0.2) is 0 Å². The molecule has 0 amide bonds. The molecule has 0 saturated heterocycles. The van der Waals surface area contributed by atoms with Crippen LogP contribution in [0.3, 0.4) is 0 Å². The zero-order chi connectivity index (χ0) is 30.2. The van der Waals surface area contributed by atoms with Gasteiger partial charge in [0.1, 0.15) is 0 Å². The molecule has 0 N–H and O–H groups in total. The molecule has 0 fully saturated rings. The number of allylic oxidation sites excluding steroid dienone is 6. The van der Waals surface area contributed by atoms with Crippen LogP contribution >= 0.6 is 0 Å². The molecule has 0 bridgehead atoms. The molecular formula is C40H40N4. The van der Waals surface area contributed by atoms with Crippen LogP contribution in [-0.2, 0) is 12.8 Å². The number of fused-ring (bicyclic) bond motifs is 6. The van der Waals surface area contributed by atoms with Crippen LogP contribution in [-0.4, -0.2) is 9.13 Å². The fourth-order valence-corrected chi connectivity index (χ4v) is 7.90. The van der Waals surface area contributed by atoms with Crippen LogP contribution in [0.2, 0.25) is 0 Å². The number of aromatic nitrogens is 2. The average Bonchev–Trinajstić information content (AvgIpc) is 3.59. The average molecular weight is 577 g/mol. The van der Waals surface area contributed by atoms with Crippen molar-refractivity contribution in [3.63, 3.8) is 0 Å². The highest BCUT2D eigenvalue weighted by atomic mass is 15.1. The molecule has 4 nitrogen and oxygen atoms in total. The van der Waals surface area contributed by atoms with Crippen molar-refractivity contribution in [1.29, 1.82) is 10.5 Å². The molecule has 4 aromatic rings. The normalized spacial score (nSPS) is 20.4. The summed E-state index contributed by atoms with van der Waals surface area (Å²) in [5.74, 6) is 0.771. The van der Waals surface area contributed by atoms with Crippen molar-refractivity contribution in [3.8, 4) is 12.1 Å². The highest BCUT2D eigenvalue weighted by Crippen LogP contribution is 2.47. The van der Waals surface area contributed by atoms with Gasteiger partial charge in [0.2, 0.25) is 0 Å². The van der Waals surface area contributed by atoms with E-state index in [9.17, 15) is 10.5 Å². The van der Waals surface area contributed by atoms with Gasteiger partial charge in [0, 0.05) is 44.5 Å². The molecule has 7 rings (SSSR count). The molecule has 0 aliphatic heterocycles. The molecule has 2 aromatic carbocycles. The summed E-state index contributed by atoms with van der Waals surface area (Å²) in [5, 5.41) is 23.5. The van der Waals surface area contributed by atoms with E-state index in [-0.39, 0.29) is 12.0 Å². The predicted molar refractivity (Wildman–Crippen MR) is 182 cm³/mol. The van der Waals surface area contributed by atoms with Crippen molar-refractivity contribution in [2.45, 2.75) is 77.7 Å². The van der Waals surface area contributed by atoms with Crippen molar-refractivity contribution in [1.82, 2.24) is 9.13 Å². The van der Waals surface area contributed by atoms with Crippen molar-refractivity contribution < 1.29 is 0 Å². The van der Waals surface area contributed by atoms with Crippen molar-refractivity contribution in [3.05, 3.63) is 100 Å². The lowest BCUT2D eigenvalue weighted by molar-refractivity contribution is 0.340. The van der Waals surface area contributed by atoms with Gasteiger partial charge >= 0.3 is 0 Å². The Bertz CT molecular complexity index is 1960. The minimum atomic E-state index is -0.177. The van der Waals surface area contributed by atoms with Gasteiger partial charge in [0.15, 0.2) is 0 Å². The third kappa shape index (κ3) is 4.65. The first-order valence-electron chi connectivity index (χ1n) is 16.4. The highest BCUT2D eigenvalue weighted by molar-refractivity contribution is 5.93. The fraction of sp³-hybridized carbons (Fsp3) is 0.350. The first-order valence-corrected chi connectivity index (χ1v) is 16.4. The van der Waals surface area contributed by atoms with Gasteiger partial charge < -0.3 is 9.13 Å². The Morgan fingerprint density at radius 2 is 1.68 bits per heavy atom. The van der Waals surface area contributed by atoms with E-state index >= 15 is 0 Å². The van der Waals surface area contributed by atoms with Crippen LogP contribution in [0.5, 0.6) is 0 Å². The number of rotatable bonds is 7. The lowest BCUT2D eigenvalue weighted by Gasteiger charge is -2.36. The van der Waals surface area contributed by atoms with Crippen molar-refractivity contribution in [2.75, 3.05) is 0 Å². The maximum Gasteiger partial charge on any atom is 0.0979 e. The second kappa shape index (κ2) is 11.9. The van der Waals surface area contributed by atoms with Crippen LogP contribution in [0.25, 0.3) is 39.7 Å². The predicted octanol–water partition coefficient (Wildman–Crippen LogP) is 10.2. The summed E-state index contributed by atoms with van der Waals surface area (Å²) in [6, 6.07) is 22.3. The van der Waals surface area contributed by atoms with E-state index in [2.05, 4.69) is 114 Å². The van der Waals surface area contributed by atoms with E-state index in [1.165, 1.54) is 50.0 Å². The smallest absolute Gasteiger partial charge is 0.0979 e. The molecule has 4 heteroatoms.